The fraction of sp³-hybridized carbons (Fsp3) is 0.333. The highest BCUT2D eigenvalue weighted by Gasteiger charge is 2.29. The molecule has 0 saturated carbocycles. The molecule has 84 valence electrons. The van der Waals surface area contributed by atoms with Gasteiger partial charge in [0, 0.05) is 10.0 Å². The molecule has 1 aromatic carbocycles. The first-order chi connectivity index (χ1) is 7.58. The van der Waals surface area contributed by atoms with Crippen molar-refractivity contribution >= 4 is 27.7 Å². The Labute approximate surface area is 103 Å². The number of halogens is 1. The summed E-state index contributed by atoms with van der Waals surface area (Å²) >= 11 is 3.37. The zero-order chi connectivity index (χ0) is 11.7. The molecule has 0 spiro atoms. The van der Waals surface area contributed by atoms with Gasteiger partial charge in [-0.3, -0.25) is 9.79 Å². The van der Waals surface area contributed by atoms with Crippen LogP contribution in [0, 0.1) is 5.92 Å². The van der Waals surface area contributed by atoms with E-state index in [1.165, 1.54) is 0 Å². The minimum Gasteiger partial charge on any atom is -0.309 e. The summed E-state index contributed by atoms with van der Waals surface area (Å²) in [5, 5.41) is 2.82. The molecular weight excluding hydrogens is 268 g/mol. The van der Waals surface area contributed by atoms with Crippen molar-refractivity contribution in [1.82, 2.24) is 5.32 Å². The minimum absolute atomic E-state index is 0.00656. The van der Waals surface area contributed by atoms with Gasteiger partial charge in [-0.05, 0) is 18.1 Å². The largest absolute Gasteiger partial charge is 0.309 e. The molecule has 2 rings (SSSR count). The zero-order valence-corrected chi connectivity index (χ0v) is 10.8. The molecular formula is C12H13BrN2O. The maximum absolute atomic E-state index is 11.6. The van der Waals surface area contributed by atoms with Crippen LogP contribution in [0.4, 0.5) is 0 Å². The number of benzene rings is 1. The van der Waals surface area contributed by atoms with Crippen molar-refractivity contribution < 1.29 is 4.79 Å². The fourth-order valence-electron chi connectivity index (χ4n) is 1.63. The van der Waals surface area contributed by atoms with Gasteiger partial charge in [-0.2, -0.15) is 0 Å². The number of nitrogens with zero attached hydrogens (tertiary/aromatic N) is 1. The summed E-state index contributed by atoms with van der Waals surface area (Å²) in [5.74, 6) is 0.900. The summed E-state index contributed by atoms with van der Waals surface area (Å²) in [6, 6.07) is 7.50. The summed E-state index contributed by atoms with van der Waals surface area (Å²) < 4.78 is 1.02. The Hall–Kier alpha value is -1.16. The molecule has 1 heterocycles. The number of rotatable bonds is 2. The van der Waals surface area contributed by atoms with Crippen molar-refractivity contribution in [3.63, 3.8) is 0 Å². The van der Waals surface area contributed by atoms with Gasteiger partial charge in [0.2, 0.25) is 0 Å². The number of nitrogens with one attached hydrogen (secondary N) is 1. The molecule has 0 radical (unpaired) electrons. The highest BCUT2D eigenvalue weighted by atomic mass is 79.9. The third-order valence-corrected chi connectivity index (χ3v) is 3.06. The SMILES string of the molecule is CC(C)C1N=C(c2ccc(Br)cc2)NC1=O. The number of carbonyl (C=O) groups excluding carboxylic acids is 1. The molecule has 0 saturated heterocycles. The Bertz CT molecular complexity index is 437. The zero-order valence-electron chi connectivity index (χ0n) is 9.20. The highest BCUT2D eigenvalue weighted by Crippen LogP contribution is 2.16. The van der Waals surface area contributed by atoms with Crippen molar-refractivity contribution in [2.75, 3.05) is 0 Å². The Morgan fingerprint density at radius 1 is 1.31 bits per heavy atom. The average molecular weight is 281 g/mol. The normalized spacial score (nSPS) is 19.9. The molecule has 0 aliphatic carbocycles. The van der Waals surface area contributed by atoms with Gasteiger partial charge in [0.25, 0.3) is 5.91 Å². The van der Waals surface area contributed by atoms with Crippen LogP contribution in [0.5, 0.6) is 0 Å². The van der Waals surface area contributed by atoms with Crippen LogP contribution in [0.15, 0.2) is 33.7 Å². The van der Waals surface area contributed by atoms with E-state index in [-0.39, 0.29) is 17.9 Å². The van der Waals surface area contributed by atoms with Gasteiger partial charge in [-0.1, -0.05) is 41.9 Å². The number of hydrogen-bond donors (Lipinski definition) is 1. The first-order valence-electron chi connectivity index (χ1n) is 5.22. The maximum atomic E-state index is 11.6. The summed E-state index contributed by atoms with van der Waals surface area (Å²) in [4.78, 5) is 16.0. The summed E-state index contributed by atoms with van der Waals surface area (Å²) in [6.45, 7) is 4.00. The molecule has 1 amide bonds. The molecule has 4 heteroatoms. The van der Waals surface area contributed by atoms with Gasteiger partial charge < -0.3 is 5.32 Å². The van der Waals surface area contributed by atoms with E-state index in [0.717, 1.165) is 10.0 Å². The topological polar surface area (TPSA) is 41.5 Å². The lowest BCUT2D eigenvalue weighted by Crippen LogP contribution is -2.31. The van der Waals surface area contributed by atoms with Crippen LogP contribution >= 0.6 is 15.9 Å². The van der Waals surface area contributed by atoms with E-state index in [1.54, 1.807) is 0 Å². The number of amides is 1. The van der Waals surface area contributed by atoms with Gasteiger partial charge in [-0.15, -0.1) is 0 Å². The van der Waals surface area contributed by atoms with E-state index in [1.807, 2.05) is 38.1 Å². The summed E-state index contributed by atoms with van der Waals surface area (Å²) in [5.41, 5.74) is 0.944. The molecule has 1 aromatic rings. The third-order valence-electron chi connectivity index (χ3n) is 2.53. The molecule has 0 bridgehead atoms. The maximum Gasteiger partial charge on any atom is 0.250 e. The lowest BCUT2D eigenvalue weighted by Gasteiger charge is -2.06. The Kier molecular flexibility index (Phi) is 3.10. The summed E-state index contributed by atoms with van der Waals surface area (Å²) in [6.07, 6.45) is 0. The third kappa shape index (κ3) is 2.16. The molecule has 1 N–H and O–H groups in total. The second kappa shape index (κ2) is 4.37. The van der Waals surface area contributed by atoms with Crippen LogP contribution in [0.2, 0.25) is 0 Å². The lowest BCUT2D eigenvalue weighted by molar-refractivity contribution is -0.120. The Morgan fingerprint density at radius 2 is 1.94 bits per heavy atom. The van der Waals surface area contributed by atoms with Crippen molar-refractivity contribution in [3.05, 3.63) is 34.3 Å². The summed E-state index contributed by atoms with van der Waals surface area (Å²) in [7, 11) is 0. The van der Waals surface area contributed by atoms with Crippen LogP contribution in [-0.4, -0.2) is 17.8 Å². The highest BCUT2D eigenvalue weighted by molar-refractivity contribution is 9.10. The van der Waals surface area contributed by atoms with E-state index < -0.39 is 0 Å². The molecule has 16 heavy (non-hydrogen) atoms. The van der Waals surface area contributed by atoms with Gasteiger partial charge in [0.15, 0.2) is 0 Å². The molecule has 1 unspecified atom stereocenters. The van der Waals surface area contributed by atoms with Gasteiger partial charge in [0.05, 0.1) is 0 Å². The van der Waals surface area contributed by atoms with E-state index in [9.17, 15) is 4.79 Å². The fourth-order valence-corrected chi connectivity index (χ4v) is 1.89. The number of carbonyl (C=O) groups is 1. The van der Waals surface area contributed by atoms with E-state index >= 15 is 0 Å². The van der Waals surface area contributed by atoms with Crippen LogP contribution in [0.25, 0.3) is 0 Å². The van der Waals surface area contributed by atoms with Gasteiger partial charge in [-0.25, -0.2) is 0 Å². The predicted octanol–water partition coefficient (Wildman–Crippen LogP) is 2.35. The van der Waals surface area contributed by atoms with Crippen molar-refractivity contribution in [2.24, 2.45) is 10.9 Å². The lowest BCUT2D eigenvalue weighted by atomic mass is 10.1. The monoisotopic (exact) mass is 280 g/mol. The predicted molar refractivity (Wildman–Crippen MR) is 67.4 cm³/mol. The van der Waals surface area contributed by atoms with Gasteiger partial charge in [0.1, 0.15) is 11.9 Å². The smallest absolute Gasteiger partial charge is 0.250 e. The Morgan fingerprint density at radius 3 is 2.44 bits per heavy atom. The van der Waals surface area contributed by atoms with Crippen molar-refractivity contribution in [2.45, 2.75) is 19.9 Å². The van der Waals surface area contributed by atoms with Crippen LogP contribution in [-0.2, 0) is 4.79 Å². The van der Waals surface area contributed by atoms with Gasteiger partial charge >= 0.3 is 0 Å². The first kappa shape index (κ1) is 11.3. The molecule has 3 nitrogen and oxygen atoms in total. The molecule has 1 aliphatic rings. The minimum atomic E-state index is -0.251. The van der Waals surface area contributed by atoms with E-state index in [2.05, 4.69) is 26.2 Å². The average Bonchev–Trinajstić information content (AvgIpc) is 2.61. The van der Waals surface area contributed by atoms with Crippen molar-refractivity contribution in [3.8, 4) is 0 Å². The molecule has 1 aliphatic heterocycles. The van der Waals surface area contributed by atoms with E-state index in [0.29, 0.717) is 5.84 Å². The second-order valence-electron chi connectivity index (χ2n) is 4.16. The second-order valence-corrected chi connectivity index (χ2v) is 5.08. The number of hydrogen-bond acceptors (Lipinski definition) is 2. The van der Waals surface area contributed by atoms with Crippen molar-refractivity contribution in [1.29, 1.82) is 0 Å². The molecule has 0 aromatic heterocycles. The van der Waals surface area contributed by atoms with E-state index in [4.69, 9.17) is 0 Å². The Balaban J connectivity index is 2.27. The van der Waals surface area contributed by atoms with Crippen LogP contribution in [0.3, 0.4) is 0 Å². The quantitative estimate of drug-likeness (QED) is 0.888. The number of aliphatic imine (C=N–C) groups is 1. The molecule has 1 atom stereocenters. The van der Waals surface area contributed by atoms with Crippen LogP contribution in [0.1, 0.15) is 19.4 Å². The first-order valence-corrected chi connectivity index (χ1v) is 6.02. The molecule has 0 fully saturated rings. The standard InChI is InChI=1S/C12H13BrN2O/c1-7(2)10-12(16)15-11(14-10)8-3-5-9(13)6-4-8/h3-7,10H,1-2H3,(H,14,15,16). The number of amidine groups is 1. The van der Waals surface area contributed by atoms with Crippen LogP contribution < -0.4 is 5.32 Å².